The van der Waals surface area contributed by atoms with Crippen molar-refractivity contribution in [3.8, 4) is 0 Å². The molecule has 40 heavy (non-hydrogen) atoms. The number of carbonyl (C=O) groups is 2. The molecule has 0 amide bonds. The molecule has 1 unspecified atom stereocenters. The number of hydrogen-bond acceptors (Lipinski definition) is 5. The summed E-state index contributed by atoms with van der Waals surface area (Å²) in [5.74, 6) is 0.00651. The van der Waals surface area contributed by atoms with Crippen LogP contribution in [-0.4, -0.2) is 54.6 Å². The number of ether oxygens (including phenoxy) is 1. The second kappa shape index (κ2) is 32.6. The zero-order valence-corrected chi connectivity index (χ0v) is 27.0. The first-order chi connectivity index (χ1) is 19.7. The third-order valence-corrected chi connectivity index (χ3v) is 8.13. The lowest BCUT2D eigenvalue weighted by Crippen LogP contribution is -2.29. The second-order valence-corrected chi connectivity index (χ2v) is 12.0. The van der Waals surface area contributed by atoms with Crippen LogP contribution in [0.4, 0.5) is 0 Å². The van der Waals surface area contributed by atoms with Gasteiger partial charge in [-0.3, -0.25) is 4.79 Å². The van der Waals surface area contributed by atoms with Gasteiger partial charge in [-0.15, -0.1) is 0 Å². The fourth-order valence-electron chi connectivity index (χ4n) is 5.52. The average molecular weight is 568 g/mol. The maximum atomic E-state index is 12.6. The fraction of sp³-hybridized carbons (Fsp3) is 0.943. The van der Waals surface area contributed by atoms with Crippen LogP contribution in [0.1, 0.15) is 181 Å². The third kappa shape index (κ3) is 28.6. The average Bonchev–Trinajstić information content (AvgIpc) is 2.95. The molecule has 0 bridgehead atoms. The first-order valence-corrected chi connectivity index (χ1v) is 17.6. The molecule has 0 aromatic heterocycles. The number of esters is 1. The number of hydrogen-bond donors (Lipinski definition) is 1. The number of aldehydes is 1. The van der Waals surface area contributed by atoms with E-state index in [0.29, 0.717) is 12.8 Å². The molecule has 0 spiro atoms. The summed E-state index contributed by atoms with van der Waals surface area (Å²) in [6.45, 7) is 7.50. The van der Waals surface area contributed by atoms with Gasteiger partial charge in [-0.25, -0.2) is 0 Å². The van der Waals surface area contributed by atoms with Crippen LogP contribution in [0.25, 0.3) is 0 Å². The van der Waals surface area contributed by atoms with E-state index in [9.17, 15) is 14.7 Å². The van der Waals surface area contributed by atoms with E-state index in [0.717, 1.165) is 90.1 Å². The summed E-state index contributed by atoms with van der Waals surface area (Å²) in [4.78, 5) is 25.4. The Morgan fingerprint density at radius 1 is 0.625 bits per heavy atom. The molecular weight excluding hydrogens is 498 g/mol. The molecule has 5 heteroatoms. The van der Waals surface area contributed by atoms with E-state index in [1.807, 2.05) is 0 Å². The Balaban J connectivity index is 4.13. The smallest absolute Gasteiger partial charge is 0.306 e. The van der Waals surface area contributed by atoms with Crippen LogP contribution < -0.4 is 0 Å². The Hall–Kier alpha value is -0.940. The number of unbranched alkanes of at least 4 members (excludes halogenated alkanes) is 19. The van der Waals surface area contributed by atoms with Crippen LogP contribution in [0.3, 0.4) is 0 Å². The van der Waals surface area contributed by atoms with Gasteiger partial charge < -0.3 is 19.5 Å². The maximum absolute atomic E-state index is 12.6. The van der Waals surface area contributed by atoms with Gasteiger partial charge in [0.1, 0.15) is 12.4 Å². The van der Waals surface area contributed by atoms with Crippen LogP contribution >= 0.6 is 0 Å². The van der Waals surface area contributed by atoms with Crippen molar-refractivity contribution in [2.24, 2.45) is 0 Å². The molecule has 0 heterocycles. The van der Waals surface area contributed by atoms with E-state index in [-0.39, 0.29) is 18.7 Å². The quantitative estimate of drug-likeness (QED) is 0.0486. The predicted octanol–water partition coefficient (Wildman–Crippen LogP) is 9.57. The van der Waals surface area contributed by atoms with Gasteiger partial charge in [0, 0.05) is 19.4 Å². The lowest BCUT2D eigenvalue weighted by molar-refractivity contribution is -0.150. The van der Waals surface area contributed by atoms with Crippen molar-refractivity contribution >= 4 is 12.3 Å². The van der Waals surface area contributed by atoms with Crippen molar-refractivity contribution in [2.45, 2.75) is 187 Å². The van der Waals surface area contributed by atoms with E-state index in [1.165, 1.54) is 89.9 Å². The summed E-state index contributed by atoms with van der Waals surface area (Å²) in [7, 11) is 0. The van der Waals surface area contributed by atoms with Crippen molar-refractivity contribution in [2.75, 3.05) is 26.2 Å². The predicted molar refractivity (Wildman–Crippen MR) is 171 cm³/mol. The molecule has 0 aliphatic heterocycles. The maximum Gasteiger partial charge on any atom is 0.306 e. The van der Waals surface area contributed by atoms with Gasteiger partial charge in [-0.05, 0) is 64.5 Å². The number of aliphatic hydroxyl groups is 1. The number of rotatable bonds is 33. The van der Waals surface area contributed by atoms with Crippen molar-refractivity contribution in [3.05, 3.63) is 0 Å². The van der Waals surface area contributed by atoms with Gasteiger partial charge in [0.15, 0.2) is 0 Å². The van der Waals surface area contributed by atoms with Gasteiger partial charge in [-0.2, -0.15) is 0 Å². The molecule has 0 aromatic carbocycles. The summed E-state index contributed by atoms with van der Waals surface area (Å²) in [5, 5.41) is 9.37. The first-order valence-electron chi connectivity index (χ1n) is 17.6. The molecular formula is C35H69NO4. The van der Waals surface area contributed by atoms with Crippen LogP contribution in [-0.2, 0) is 14.3 Å². The zero-order chi connectivity index (χ0) is 29.4. The highest BCUT2D eigenvalue weighted by Gasteiger charge is 2.14. The summed E-state index contributed by atoms with van der Waals surface area (Å²) in [5.41, 5.74) is 0. The van der Waals surface area contributed by atoms with Gasteiger partial charge in [0.05, 0.1) is 6.61 Å². The summed E-state index contributed by atoms with van der Waals surface area (Å²) in [6.07, 6.45) is 31.2. The van der Waals surface area contributed by atoms with Crippen LogP contribution in [0.5, 0.6) is 0 Å². The van der Waals surface area contributed by atoms with E-state index in [1.54, 1.807) is 0 Å². The topological polar surface area (TPSA) is 66.8 Å². The largest absolute Gasteiger partial charge is 0.462 e. The summed E-state index contributed by atoms with van der Waals surface area (Å²) < 4.78 is 6.00. The first kappa shape index (κ1) is 39.1. The fourth-order valence-corrected chi connectivity index (χ4v) is 5.52. The van der Waals surface area contributed by atoms with Gasteiger partial charge in [0.25, 0.3) is 0 Å². The molecule has 0 aromatic rings. The summed E-state index contributed by atoms with van der Waals surface area (Å²) >= 11 is 0. The zero-order valence-electron chi connectivity index (χ0n) is 27.0. The van der Waals surface area contributed by atoms with Gasteiger partial charge in [-0.1, -0.05) is 117 Å². The van der Waals surface area contributed by atoms with Crippen LogP contribution in [0.15, 0.2) is 0 Å². The highest BCUT2D eigenvalue weighted by atomic mass is 16.5. The number of carbonyl (C=O) groups excluding carboxylic acids is 2. The van der Waals surface area contributed by atoms with E-state index < -0.39 is 0 Å². The molecule has 0 fully saturated rings. The van der Waals surface area contributed by atoms with Gasteiger partial charge >= 0.3 is 5.97 Å². The van der Waals surface area contributed by atoms with Crippen molar-refractivity contribution in [1.82, 2.24) is 4.90 Å². The van der Waals surface area contributed by atoms with Crippen molar-refractivity contribution in [1.29, 1.82) is 0 Å². The molecule has 0 rings (SSSR count). The summed E-state index contributed by atoms with van der Waals surface area (Å²) in [6, 6.07) is 0. The standard InChI is InChI=1S/C35H69NO4/c1-3-5-7-9-11-12-15-21-27-34(26-20-14-10-8-6-4-2)40-35(39)28-22-16-18-24-30-36(31-33-38)29-23-17-13-19-25-32-37/h32,34,38H,3-31,33H2,1-2H3. The molecule has 0 saturated carbocycles. The highest BCUT2D eigenvalue weighted by Crippen LogP contribution is 2.18. The Morgan fingerprint density at radius 3 is 1.57 bits per heavy atom. The Kier molecular flexibility index (Phi) is 31.8. The minimum atomic E-state index is 0.00651. The molecule has 0 radical (unpaired) electrons. The van der Waals surface area contributed by atoms with Crippen molar-refractivity contribution < 1.29 is 19.4 Å². The Labute approximate surface area is 249 Å². The molecule has 0 saturated heterocycles. The second-order valence-electron chi connectivity index (χ2n) is 12.0. The van der Waals surface area contributed by atoms with E-state index in [4.69, 9.17) is 4.74 Å². The Morgan fingerprint density at radius 2 is 1.07 bits per heavy atom. The van der Waals surface area contributed by atoms with Crippen LogP contribution in [0, 0.1) is 0 Å². The van der Waals surface area contributed by atoms with Gasteiger partial charge in [0.2, 0.25) is 0 Å². The number of aliphatic hydroxyl groups excluding tert-OH is 1. The molecule has 238 valence electrons. The Bertz CT molecular complexity index is 528. The minimum absolute atomic E-state index is 0.00651. The van der Waals surface area contributed by atoms with E-state index >= 15 is 0 Å². The molecule has 0 aliphatic rings. The lowest BCUT2D eigenvalue weighted by Gasteiger charge is -2.21. The third-order valence-electron chi connectivity index (χ3n) is 8.13. The lowest BCUT2D eigenvalue weighted by atomic mass is 10.0. The number of nitrogens with zero attached hydrogens (tertiary/aromatic N) is 1. The van der Waals surface area contributed by atoms with E-state index in [2.05, 4.69) is 18.7 Å². The molecule has 1 atom stereocenters. The van der Waals surface area contributed by atoms with Crippen molar-refractivity contribution in [3.63, 3.8) is 0 Å². The van der Waals surface area contributed by atoms with Crippen LogP contribution in [0.2, 0.25) is 0 Å². The highest BCUT2D eigenvalue weighted by molar-refractivity contribution is 5.69. The minimum Gasteiger partial charge on any atom is -0.462 e. The molecule has 1 N–H and O–H groups in total. The normalized spacial score (nSPS) is 12.2. The SMILES string of the molecule is CCCCCCCCCCC(CCCCCCCC)OC(=O)CCCCCCN(CCO)CCCCCCC=O. The molecule has 0 aliphatic carbocycles. The monoisotopic (exact) mass is 568 g/mol. The molecule has 5 nitrogen and oxygen atoms in total.